The summed E-state index contributed by atoms with van der Waals surface area (Å²) in [5, 5.41) is 6.43. The summed E-state index contributed by atoms with van der Waals surface area (Å²) in [4.78, 5) is 64.2. The molecule has 0 rings (SSSR count). The second-order valence-corrected chi connectivity index (χ2v) is 23.0. The molecule has 76 heavy (non-hydrogen) atoms. The minimum atomic E-state index is -0.484. The highest BCUT2D eigenvalue weighted by Gasteiger charge is 2.33. The van der Waals surface area contributed by atoms with E-state index >= 15 is 0 Å². The third-order valence-electron chi connectivity index (χ3n) is 15.7. The Morgan fingerprint density at radius 1 is 0.342 bits per heavy atom. The van der Waals surface area contributed by atoms with Crippen molar-refractivity contribution < 1.29 is 19.2 Å². The van der Waals surface area contributed by atoms with E-state index in [1.807, 2.05) is 9.80 Å². The van der Waals surface area contributed by atoms with Crippen molar-refractivity contribution in [1.29, 1.82) is 0 Å². The van der Waals surface area contributed by atoms with Crippen LogP contribution in [0, 0.1) is 11.8 Å². The zero-order chi connectivity index (χ0) is 56.3. The normalized spacial score (nSPS) is 12.8. The van der Waals surface area contributed by atoms with Crippen LogP contribution < -0.4 is 10.6 Å². The number of carbonyl (C=O) groups excluding carboxylic acids is 4. The predicted molar refractivity (Wildman–Crippen MR) is 329 cm³/mol. The fourth-order valence-corrected chi connectivity index (χ4v) is 10.7. The highest BCUT2D eigenvalue weighted by atomic mass is 16.2. The summed E-state index contributed by atoms with van der Waals surface area (Å²) in [5.41, 5.74) is 0. The quantitative estimate of drug-likeness (QED) is 0.0464. The first-order valence-electron chi connectivity index (χ1n) is 32.8. The van der Waals surface area contributed by atoms with Gasteiger partial charge in [0.05, 0.1) is 0 Å². The van der Waals surface area contributed by atoms with Gasteiger partial charge < -0.3 is 30.2 Å². The van der Waals surface area contributed by atoms with E-state index in [1.165, 1.54) is 116 Å². The van der Waals surface area contributed by atoms with Gasteiger partial charge in [0.25, 0.3) is 0 Å². The monoisotopic (exact) mass is 1070 g/mol. The van der Waals surface area contributed by atoms with Crippen LogP contribution in [-0.2, 0) is 19.2 Å². The summed E-state index contributed by atoms with van der Waals surface area (Å²) in [7, 11) is 0. The molecule has 0 aliphatic carbocycles. The Morgan fingerprint density at radius 3 is 0.908 bits per heavy atom. The summed E-state index contributed by atoms with van der Waals surface area (Å²) < 4.78 is 0. The average molecular weight is 1070 g/mol. The molecule has 0 saturated carbocycles. The van der Waals surface area contributed by atoms with E-state index in [0.717, 1.165) is 129 Å². The topological polar surface area (TPSA) is 105 Å². The van der Waals surface area contributed by atoms with Gasteiger partial charge in [-0.2, -0.15) is 0 Å². The van der Waals surface area contributed by atoms with Crippen LogP contribution in [0.15, 0.2) is 24.3 Å². The van der Waals surface area contributed by atoms with Crippen molar-refractivity contribution in [2.45, 2.75) is 300 Å². The lowest BCUT2D eigenvalue weighted by atomic mass is 9.99. The summed E-state index contributed by atoms with van der Waals surface area (Å²) in [6.45, 7) is 29.6. The van der Waals surface area contributed by atoms with Crippen LogP contribution in [0.1, 0.15) is 288 Å². The number of nitrogens with zero attached hydrogens (tertiary/aromatic N) is 4. The van der Waals surface area contributed by atoms with Gasteiger partial charge in [0.15, 0.2) is 0 Å². The third-order valence-corrected chi connectivity index (χ3v) is 15.7. The molecule has 0 heterocycles. The van der Waals surface area contributed by atoms with Crippen molar-refractivity contribution in [2.24, 2.45) is 11.8 Å². The highest BCUT2D eigenvalue weighted by Crippen LogP contribution is 2.20. The Labute approximate surface area is 472 Å². The minimum Gasteiger partial charge on any atom is -0.354 e. The molecule has 0 aliphatic rings. The van der Waals surface area contributed by atoms with Gasteiger partial charge >= 0.3 is 0 Å². The zero-order valence-corrected chi connectivity index (χ0v) is 52.2. The Bertz CT molecular complexity index is 1310. The van der Waals surface area contributed by atoms with E-state index in [2.05, 4.69) is 114 Å². The number of hydrogen-bond donors (Lipinski definition) is 2. The first kappa shape index (κ1) is 73.3. The number of carbonyl (C=O) groups is 4. The number of allylic oxidation sites excluding steroid dienone is 4. The van der Waals surface area contributed by atoms with Crippen molar-refractivity contribution in [3.8, 4) is 0 Å². The minimum absolute atomic E-state index is 0.00495. The molecule has 0 aromatic carbocycles. The molecule has 0 aromatic rings. The molecule has 2 atom stereocenters. The molecule has 0 aromatic heterocycles. The van der Waals surface area contributed by atoms with Crippen LogP contribution >= 0.6 is 0 Å². The molecule has 0 bridgehead atoms. The number of hydrogen-bond acceptors (Lipinski definition) is 6. The summed E-state index contributed by atoms with van der Waals surface area (Å²) >= 11 is 0. The third kappa shape index (κ3) is 39.6. The lowest BCUT2D eigenvalue weighted by Crippen LogP contribution is -2.53. The number of amides is 4. The number of unbranched alkanes of at least 4 members (excludes halogenated alkanes) is 25. The maximum atomic E-state index is 13.9. The highest BCUT2D eigenvalue weighted by molar-refractivity contribution is 5.88. The molecule has 0 saturated heterocycles. The molecule has 10 heteroatoms. The molecule has 2 unspecified atom stereocenters. The lowest BCUT2D eigenvalue weighted by molar-refractivity contribution is -0.142. The second kappa shape index (κ2) is 53.0. The van der Waals surface area contributed by atoms with Crippen molar-refractivity contribution in [3.05, 3.63) is 24.3 Å². The van der Waals surface area contributed by atoms with Crippen molar-refractivity contribution in [3.63, 3.8) is 0 Å². The van der Waals surface area contributed by atoms with Crippen LogP contribution in [0.25, 0.3) is 0 Å². The van der Waals surface area contributed by atoms with Gasteiger partial charge in [0, 0.05) is 39.0 Å². The summed E-state index contributed by atoms with van der Waals surface area (Å²) in [5.74, 6) is 0.139. The lowest BCUT2D eigenvalue weighted by Gasteiger charge is -2.34. The van der Waals surface area contributed by atoms with Gasteiger partial charge in [-0.05, 0) is 141 Å². The molecular weight excluding hydrogens is 941 g/mol. The Hall–Kier alpha value is -2.72. The smallest absolute Gasteiger partial charge is 0.243 e. The molecule has 2 N–H and O–H groups in total. The Morgan fingerprint density at radius 2 is 0.618 bits per heavy atom. The molecule has 4 amide bonds. The van der Waals surface area contributed by atoms with Crippen molar-refractivity contribution >= 4 is 23.6 Å². The number of nitrogens with one attached hydrogen (secondary N) is 2. The van der Waals surface area contributed by atoms with Crippen LogP contribution in [-0.4, -0.2) is 121 Å². The molecule has 0 radical (unpaired) electrons. The first-order valence-corrected chi connectivity index (χ1v) is 32.8. The van der Waals surface area contributed by atoms with Gasteiger partial charge in [-0.15, -0.1) is 0 Å². The van der Waals surface area contributed by atoms with Crippen LogP contribution in [0.3, 0.4) is 0 Å². The van der Waals surface area contributed by atoms with Gasteiger partial charge in [0.2, 0.25) is 23.6 Å². The molecule has 446 valence electrons. The fraction of sp³-hybridized carbons (Fsp3) is 0.879. The standard InChI is InChI=1S/C66H128N6O4/c1-11-17-19-21-23-25-27-29-31-33-35-37-39-41-45-51-61(73)71(57-49-55-69(13-3)14-4)63(59(7)8)65(75)67-53-47-43-44-48-54-68-66(76)64(60(9)10)72(58-50-56-70(15-5)16-6)62(74)52-46-42-40-38-36-34-32-30-28-26-24-22-20-18-12-2/h29-32,59-60,63-64H,11-28,33-58H2,1-10H3,(H,67,75)(H,68,76)/b31-29-,32-30-. The predicted octanol–water partition coefficient (Wildman–Crippen LogP) is 16.0. The van der Waals surface area contributed by atoms with E-state index in [1.54, 1.807) is 0 Å². The second-order valence-electron chi connectivity index (χ2n) is 23.0. The molecule has 0 spiro atoms. The fourth-order valence-electron chi connectivity index (χ4n) is 10.7. The van der Waals surface area contributed by atoms with Crippen molar-refractivity contribution in [1.82, 2.24) is 30.2 Å². The molecule has 10 nitrogen and oxygen atoms in total. The van der Waals surface area contributed by atoms with E-state index in [-0.39, 0.29) is 35.5 Å². The van der Waals surface area contributed by atoms with Crippen LogP contribution in [0.2, 0.25) is 0 Å². The first-order chi connectivity index (χ1) is 36.9. The van der Waals surface area contributed by atoms with Crippen LogP contribution in [0.4, 0.5) is 0 Å². The van der Waals surface area contributed by atoms with Gasteiger partial charge in [0.1, 0.15) is 12.1 Å². The van der Waals surface area contributed by atoms with Gasteiger partial charge in [-0.25, -0.2) is 0 Å². The largest absolute Gasteiger partial charge is 0.354 e. The maximum absolute atomic E-state index is 13.9. The Kier molecular flexibility index (Phi) is 51.1. The summed E-state index contributed by atoms with van der Waals surface area (Å²) in [6, 6.07) is -0.968. The Balaban J connectivity index is 5.08. The van der Waals surface area contributed by atoms with E-state index < -0.39 is 12.1 Å². The molecular formula is C66H128N6O4. The summed E-state index contributed by atoms with van der Waals surface area (Å²) in [6.07, 6.45) is 47.6. The van der Waals surface area contributed by atoms with E-state index in [0.29, 0.717) is 39.0 Å². The SMILES string of the molecule is CCCCCCCC/C=C\CCCCCCCC(=O)N(CCCN(CC)CC)C(C(=O)NCCCCCCNC(=O)C(C(C)C)N(CCCN(CC)CC)C(=O)CCCCCCC/C=C\CCCCCCCC)C(C)C. The van der Waals surface area contributed by atoms with E-state index in [4.69, 9.17) is 0 Å². The van der Waals surface area contributed by atoms with Crippen molar-refractivity contribution in [2.75, 3.05) is 65.4 Å². The molecule has 0 aliphatic heterocycles. The zero-order valence-electron chi connectivity index (χ0n) is 52.2. The average Bonchev–Trinajstić information content (AvgIpc) is 3.40. The van der Waals surface area contributed by atoms with Gasteiger partial charge in [-0.3, -0.25) is 19.2 Å². The van der Waals surface area contributed by atoms with Crippen LogP contribution in [0.5, 0.6) is 0 Å². The maximum Gasteiger partial charge on any atom is 0.243 e. The van der Waals surface area contributed by atoms with E-state index in [9.17, 15) is 19.2 Å². The molecule has 0 fully saturated rings. The number of rotatable bonds is 55. The van der Waals surface area contributed by atoms with Gasteiger partial charge in [-0.1, -0.05) is 209 Å².